The molecule has 1 amide bonds. The van der Waals surface area contributed by atoms with Crippen LogP contribution in [0.1, 0.15) is 29.3 Å². The van der Waals surface area contributed by atoms with E-state index in [1.807, 2.05) is 44.0 Å². The predicted molar refractivity (Wildman–Crippen MR) is 76.7 cm³/mol. The van der Waals surface area contributed by atoms with Gasteiger partial charge in [0.15, 0.2) is 0 Å². The molecule has 1 N–H and O–H groups in total. The number of nitrogens with zero attached hydrogens (tertiary/aromatic N) is 1. The first-order valence-corrected chi connectivity index (χ1v) is 6.83. The third kappa shape index (κ3) is 3.07. The van der Waals surface area contributed by atoms with Crippen LogP contribution in [0.15, 0.2) is 18.2 Å². The Hall–Kier alpha value is -1.55. The van der Waals surface area contributed by atoms with Gasteiger partial charge in [0, 0.05) is 25.9 Å². The van der Waals surface area contributed by atoms with Crippen molar-refractivity contribution in [3.63, 3.8) is 0 Å². The molecule has 1 aliphatic heterocycles. The van der Waals surface area contributed by atoms with Gasteiger partial charge < -0.3 is 15.0 Å². The van der Waals surface area contributed by atoms with Crippen LogP contribution in [0.5, 0.6) is 0 Å². The standard InChI is InChI=1S/C15H22N2O2/c1-4-16-14-6-5-11(2)9-13(14)15(18)17(3)12-7-8-19-10-12/h5-6,9,12,16H,4,7-8,10H2,1-3H3. The summed E-state index contributed by atoms with van der Waals surface area (Å²) >= 11 is 0. The molecule has 0 bridgehead atoms. The summed E-state index contributed by atoms with van der Waals surface area (Å²) in [7, 11) is 1.86. The Kier molecular flexibility index (Phi) is 4.43. The van der Waals surface area contributed by atoms with Crippen LogP contribution in [0.3, 0.4) is 0 Å². The third-order valence-electron chi connectivity index (χ3n) is 3.55. The Balaban J connectivity index is 2.23. The molecule has 2 rings (SSSR count). The van der Waals surface area contributed by atoms with Gasteiger partial charge in [-0.05, 0) is 32.4 Å². The van der Waals surface area contributed by atoms with Crippen LogP contribution in [0, 0.1) is 6.92 Å². The lowest BCUT2D eigenvalue weighted by Gasteiger charge is -2.24. The Morgan fingerprint density at radius 3 is 2.95 bits per heavy atom. The van der Waals surface area contributed by atoms with Crippen LogP contribution in [-0.2, 0) is 4.74 Å². The van der Waals surface area contributed by atoms with Gasteiger partial charge in [-0.15, -0.1) is 0 Å². The number of hydrogen-bond acceptors (Lipinski definition) is 3. The smallest absolute Gasteiger partial charge is 0.256 e. The molecular formula is C15H22N2O2. The lowest BCUT2D eigenvalue weighted by molar-refractivity contribution is 0.0712. The zero-order chi connectivity index (χ0) is 13.8. The van der Waals surface area contributed by atoms with E-state index >= 15 is 0 Å². The summed E-state index contributed by atoms with van der Waals surface area (Å²) < 4.78 is 5.36. The van der Waals surface area contributed by atoms with Crippen molar-refractivity contribution >= 4 is 11.6 Å². The average molecular weight is 262 g/mol. The molecule has 1 heterocycles. The lowest BCUT2D eigenvalue weighted by Crippen LogP contribution is -2.37. The zero-order valence-corrected chi connectivity index (χ0v) is 11.9. The first-order chi connectivity index (χ1) is 9.13. The van der Waals surface area contributed by atoms with Crippen molar-refractivity contribution in [3.8, 4) is 0 Å². The molecule has 104 valence electrons. The first kappa shape index (κ1) is 13.9. The van der Waals surface area contributed by atoms with E-state index in [2.05, 4.69) is 5.32 Å². The van der Waals surface area contributed by atoms with Crippen molar-refractivity contribution in [1.82, 2.24) is 4.90 Å². The molecule has 0 radical (unpaired) electrons. The van der Waals surface area contributed by atoms with Crippen LogP contribution in [0.2, 0.25) is 0 Å². The number of nitrogens with one attached hydrogen (secondary N) is 1. The fourth-order valence-electron chi connectivity index (χ4n) is 2.36. The second-order valence-electron chi connectivity index (χ2n) is 5.01. The number of carbonyl (C=O) groups excluding carboxylic acids is 1. The Morgan fingerprint density at radius 1 is 1.53 bits per heavy atom. The Labute approximate surface area is 114 Å². The summed E-state index contributed by atoms with van der Waals surface area (Å²) in [5.41, 5.74) is 2.75. The molecule has 19 heavy (non-hydrogen) atoms. The van der Waals surface area contributed by atoms with Crippen molar-refractivity contribution in [2.75, 3.05) is 32.1 Å². The molecule has 0 saturated carbocycles. The number of amides is 1. The van der Waals surface area contributed by atoms with E-state index in [1.54, 1.807) is 0 Å². The van der Waals surface area contributed by atoms with E-state index in [4.69, 9.17) is 4.74 Å². The highest BCUT2D eigenvalue weighted by molar-refractivity contribution is 5.99. The lowest BCUT2D eigenvalue weighted by atomic mass is 10.1. The fourth-order valence-corrected chi connectivity index (χ4v) is 2.36. The molecule has 0 spiro atoms. The summed E-state index contributed by atoms with van der Waals surface area (Å²) in [4.78, 5) is 14.4. The molecule has 4 nitrogen and oxygen atoms in total. The molecule has 1 atom stereocenters. The average Bonchev–Trinajstić information content (AvgIpc) is 2.93. The second kappa shape index (κ2) is 6.06. The number of anilines is 1. The molecule has 1 fully saturated rings. The summed E-state index contributed by atoms with van der Waals surface area (Å²) in [6, 6.07) is 6.15. The van der Waals surface area contributed by atoms with E-state index in [0.717, 1.165) is 36.4 Å². The third-order valence-corrected chi connectivity index (χ3v) is 3.55. The van der Waals surface area contributed by atoms with Gasteiger partial charge in [-0.2, -0.15) is 0 Å². The maximum absolute atomic E-state index is 12.6. The van der Waals surface area contributed by atoms with E-state index in [0.29, 0.717) is 6.61 Å². The fraction of sp³-hybridized carbons (Fsp3) is 0.533. The van der Waals surface area contributed by atoms with Gasteiger partial charge in [0.1, 0.15) is 0 Å². The minimum atomic E-state index is 0.0650. The number of hydrogen-bond donors (Lipinski definition) is 1. The van der Waals surface area contributed by atoms with Gasteiger partial charge in [0.2, 0.25) is 0 Å². The first-order valence-electron chi connectivity index (χ1n) is 6.83. The number of ether oxygens (including phenoxy) is 1. The highest BCUT2D eigenvalue weighted by atomic mass is 16.5. The largest absolute Gasteiger partial charge is 0.385 e. The topological polar surface area (TPSA) is 41.6 Å². The van der Waals surface area contributed by atoms with Crippen LogP contribution < -0.4 is 5.32 Å². The number of aryl methyl sites for hydroxylation is 1. The van der Waals surface area contributed by atoms with Crippen molar-refractivity contribution in [1.29, 1.82) is 0 Å². The molecule has 0 aromatic heterocycles. The van der Waals surface area contributed by atoms with Crippen molar-refractivity contribution in [3.05, 3.63) is 29.3 Å². The van der Waals surface area contributed by atoms with Crippen LogP contribution in [-0.4, -0.2) is 43.7 Å². The highest BCUT2D eigenvalue weighted by Crippen LogP contribution is 2.21. The van der Waals surface area contributed by atoms with E-state index in [-0.39, 0.29) is 11.9 Å². The minimum Gasteiger partial charge on any atom is -0.385 e. The van der Waals surface area contributed by atoms with Gasteiger partial charge in [0.05, 0.1) is 18.2 Å². The van der Waals surface area contributed by atoms with E-state index in [1.165, 1.54) is 0 Å². The van der Waals surface area contributed by atoms with Gasteiger partial charge in [-0.25, -0.2) is 0 Å². The Bertz CT molecular complexity index is 453. The summed E-state index contributed by atoms with van der Waals surface area (Å²) in [5, 5.41) is 3.25. The van der Waals surface area contributed by atoms with Crippen molar-refractivity contribution in [2.45, 2.75) is 26.3 Å². The predicted octanol–water partition coefficient (Wildman–Crippen LogP) is 2.29. The highest BCUT2D eigenvalue weighted by Gasteiger charge is 2.26. The second-order valence-corrected chi connectivity index (χ2v) is 5.01. The summed E-state index contributed by atoms with van der Waals surface area (Å²) in [6.07, 6.45) is 0.921. The molecule has 1 aromatic carbocycles. The number of likely N-dealkylation sites (N-methyl/N-ethyl adjacent to an activating group) is 1. The van der Waals surface area contributed by atoms with Crippen LogP contribution in [0.25, 0.3) is 0 Å². The molecule has 1 aromatic rings. The van der Waals surface area contributed by atoms with Crippen LogP contribution >= 0.6 is 0 Å². The quantitative estimate of drug-likeness (QED) is 0.905. The molecule has 1 unspecified atom stereocenters. The molecular weight excluding hydrogens is 240 g/mol. The summed E-state index contributed by atoms with van der Waals surface area (Å²) in [5.74, 6) is 0.0650. The molecule has 1 saturated heterocycles. The van der Waals surface area contributed by atoms with Gasteiger partial charge >= 0.3 is 0 Å². The van der Waals surface area contributed by atoms with E-state index in [9.17, 15) is 4.79 Å². The van der Waals surface area contributed by atoms with Gasteiger partial charge in [0.25, 0.3) is 5.91 Å². The van der Waals surface area contributed by atoms with Gasteiger partial charge in [-0.3, -0.25) is 4.79 Å². The monoisotopic (exact) mass is 262 g/mol. The minimum absolute atomic E-state index is 0.0650. The van der Waals surface area contributed by atoms with Gasteiger partial charge in [-0.1, -0.05) is 11.6 Å². The maximum Gasteiger partial charge on any atom is 0.256 e. The summed E-state index contributed by atoms with van der Waals surface area (Å²) in [6.45, 7) is 6.23. The van der Waals surface area contributed by atoms with Crippen LogP contribution in [0.4, 0.5) is 5.69 Å². The van der Waals surface area contributed by atoms with Crippen molar-refractivity contribution in [2.24, 2.45) is 0 Å². The number of carbonyl (C=O) groups is 1. The van der Waals surface area contributed by atoms with E-state index < -0.39 is 0 Å². The number of benzene rings is 1. The molecule has 1 aliphatic rings. The Morgan fingerprint density at radius 2 is 2.32 bits per heavy atom. The SMILES string of the molecule is CCNc1ccc(C)cc1C(=O)N(C)C1CCOC1. The maximum atomic E-state index is 12.6. The normalized spacial score (nSPS) is 18.4. The number of rotatable bonds is 4. The van der Waals surface area contributed by atoms with Crippen molar-refractivity contribution < 1.29 is 9.53 Å². The molecule has 4 heteroatoms. The molecule has 0 aliphatic carbocycles. The zero-order valence-electron chi connectivity index (χ0n) is 11.9.